The summed E-state index contributed by atoms with van der Waals surface area (Å²) in [7, 11) is 0. The zero-order chi connectivity index (χ0) is 22.2. The molecule has 2 amide bonds. The molecule has 6 nitrogen and oxygen atoms in total. The molecule has 0 radical (unpaired) electrons. The number of hydrogen-bond acceptors (Lipinski definition) is 4. The zero-order valence-electron chi connectivity index (χ0n) is 18.5. The van der Waals surface area contributed by atoms with Crippen LogP contribution in [0.4, 0.5) is 0 Å². The third-order valence-electron chi connectivity index (χ3n) is 4.89. The first-order valence-corrected chi connectivity index (χ1v) is 11.2. The Hall–Kier alpha value is -2.70. The second-order valence-corrected chi connectivity index (χ2v) is 7.51. The first-order chi connectivity index (χ1) is 15.2. The number of benzene rings is 2. The molecule has 0 bridgehead atoms. The van der Waals surface area contributed by atoms with Crippen molar-refractivity contribution in [2.24, 2.45) is 0 Å². The molecule has 0 unspecified atom stereocenters. The van der Waals surface area contributed by atoms with Crippen molar-refractivity contribution in [2.75, 3.05) is 19.8 Å². The summed E-state index contributed by atoms with van der Waals surface area (Å²) >= 11 is 0. The third-order valence-corrected chi connectivity index (χ3v) is 4.89. The van der Waals surface area contributed by atoms with Crippen LogP contribution in [-0.2, 0) is 11.3 Å². The lowest BCUT2D eigenvalue weighted by Crippen LogP contribution is -2.37. The Bertz CT molecular complexity index is 763. The molecule has 168 valence electrons. The second-order valence-electron chi connectivity index (χ2n) is 7.51. The summed E-state index contributed by atoms with van der Waals surface area (Å²) in [5.41, 5.74) is 7.84. The van der Waals surface area contributed by atoms with Crippen molar-refractivity contribution >= 4 is 11.8 Å². The first kappa shape index (κ1) is 24.6. The summed E-state index contributed by atoms with van der Waals surface area (Å²) in [4.78, 5) is 24.3. The van der Waals surface area contributed by atoms with Gasteiger partial charge in [-0.15, -0.1) is 0 Å². The normalized spacial score (nSPS) is 10.6. The van der Waals surface area contributed by atoms with E-state index in [9.17, 15) is 9.59 Å². The van der Waals surface area contributed by atoms with Crippen LogP contribution in [0.15, 0.2) is 54.6 Å². The molecule has 6 heteroatoms. The number of ether oxygens (including phenoxy) is 1. The van der Waals surface area contributed by atoms with Crippen molar-refractivity contribution in [3.63, 3.8) is 0 Å². The van der Waals surface area contributed by atoms with E-state index < -0.39 is 0 Å². The van der Waals surface area contributed by atoms with Gasteiger partial charge in [-0.25, -0.2) is 5.43 Å². The molecule has 0 aromatic heterocycles. The van der Waals surface area contributed by atoms with Gasteiger partial charge in [-0.1, -0.05) is 50.1 Å². The van der Waals surface area contributed by atoms with Crippen LogP contribution in [0.3, 0.4) is 0 Å². The number of unbranched alkanes of at least 4 members (excludes halogenated alkanes) is 4. The van der Waals surface area contributed by atoms with E-state index in [0.717, 1.165) is 51.0 Å². The van der Waals surface area contributed by atoms with Crippen LogP contribution in [-0.4, -0.2) is 31.6 Å². The Kier molecular flexibility index (Phi) is 12.0. The van der Waals surface area contributed by atoms with Crippen LogP contribution in [0.1, 0.15) is 71.7 Å². The van der Waals surface area contributed by atoms with E-state index in [4.69, 9.17) is 4.74 Å². The maximum Gasteiger partial charge on any atom is 0.265 e. The lowest BCUT2D eigenvalue weighted by molar-refractivity contribution is 0.0928. The van der Waals surface area contributed by atoms with Crippen LogP contribution in [0.2, 0.25) is 0 Å². The van der Waals surface area contributed by atoms with Crippen LogP contribution in [0.5, 0.6) is 0 Å². The minimum atomic E-state index is -0.167. The maximum absolute atomic E-state index is 12.2. The monoisotopic (exact) mass is 425 g/mol. The molecule has 0 atom stereocenters. The van der Waals surface area contributed by atoms with Gasteiger partial charge < -0.3 is 10.1 Å². The van der Waals surface area contributed by atoms with E-state index in [0.29, 0.717) is 17.7 Å². The molecule has 0 spiro atoms. The highest BCUT2D eigenvalue weighted by atomic mass is 16.5. The molecule has 31 heavy (non-hydrogen) atoms. The Morgan fingerprint density at radius 3 is 2.16 bits per heavy atom. The molecule has 0 aliphatic heterocycles. The van der Waals surface area contributed by atoms with Crippen LogP contribution < -0.4 is 16.2 Å². The van der Waals surface area contributed by atoms with E-state index in [-0.39, 0.29) is 11.8 Å². The molecule has 0 heterocycles. The third kappa shape index (κ3) is 10.2. The van der Waals surface area contributed by atoms with Gasteiger partial charge in [0, 0.05) is 37.4 Å². The van der Waals surface area contributed by atoms with Crippen molar-refractivity contribution < 1.29 is 14.3 Å². The van der Waals surface area contributed by atoms with Crippen molar-refractivity contribution in [2.45, 2.75) is 52.0 Å². The van der Waals surface area contributed by atoms with E-state index in [2.05, 4.69) is 23.1 Å². The predicted octanol–water partition coefficient (Wildman–Crippen LogP) is 4.23. The van der Waals surface area contributed by atoms with Gasteiger partial charge >= 0.3 is 0 Å². The van der Waals surface area contributed by atoms with E-state index in [1.807, 2.05) is 30.3 Å². The topological polar surface area (TPSA) is 79.5 Å². The minimum absolute atomic E-state index is 0.116. The summed E-state index contributed by atoms with van der Waals surface area (Å²) in [5.74, 6) is -0.284. The van der Waals surface area contributed by atoms with Gasteiger partial charge in [0.15, 0.2) is 0 Å². The van der Waals surface area contributed by atoms with Crippen LogP contribution in [0.25, 0.3) is 0 Å². The predicted molar refractivity (Wildman–Crippen MR) is 124 cm³/mol. The van der Waals surface area contributed by atoms with Gasteiger partial charge in [-0.05, 0) is 55.5 Å². The fraction of sp³-hybridized carbons (Fsp3) is 0.440. The number of carbonyl (C=O) groups excluding carboxylic acids is 2. The number of rotatable bonds is 15. The molecule has 2 rings (SSSR count). The smallest absolute Gasteiger partial charge is 0.265 e. The van der Waals surface area contributed by atoms with Gasteiger partial charge in [-0.3, -0.25) is 15.0 Å². The summed E-state index contributed by atoms with van der Waals surface area (Å²) in [6, 6.07) is 16.3. The lowest BCUT2D eigenvalue weighted by Gasteiger charge is -2.09. The van der Waals surface area contributed by atoms with Gasteiger partial charge in [0.1, 0.15) is 0 Å². The Balaban J connectivity index is 1.56. The van der Waals surface area contributed by atoms with E-state index >= 15 is 0 Å². The first-order valence-electron chi connectivity index (χ1n) is 11.2. The summed E-state index contributed by atoms with van der Waals surface area (Å²) < 4.78 is 5.59. The number of nitrogens with one attached hydrogen (secondary N) is 3. The van der Waals surface area contributed by atoms with Gasteiger partial charge in [0.25, 0.3) is 11.8 Å². The molecular weight excluding hydrogens is 390 g/mol. The van der Waals surface area contributed by atoms with Crippen molar-refractivity contribution in [3.05, 3.63) is 71.3 Å². The van der Waals surface area contributed by atoms with Gasteiger partial charge in [0.2, 0.25) is 0 Å². The SMILES string of the molecule is CCCCCOCCCCCNNC(=O)c1ccc(CNC(=O)c2ccccc2)cc1. The molecule has 2 aromatic carbocycles. The Morgan fingerprint density at radius 1 is 0.774 bits per heavy atom. The second kappa shape index (κ2) is 15.2. The summed E-state index contributed by atoms with van der Waals surface area (Å²) in [5, 5.41) is 2.88. The Morgan fingerprint density at radius 2 is 1.45 bits per heavy atom. The van der Waals surface area contributed by atoms with Crippen molar-refractivity contribution in [1.29, 1.82) is 0 Å². The van der Waals surface area contributed by atoms with E-state index in [1.54, 1.807) is 24.3 Å². The summed E-state index contributed by atoms with van der Waals surface area (Å²) in [6.45, 7) is 5.01. The van der Waals surface area contributed by atoms with Gasteiger partial charge in [-0.2, -0.15) is 0 Å². The standard InChI is InChI=1S/C25H35N3O3/c1-2-3-9-18-31-19-10-5-8-17-27-28-25(30)23-15-13-21(14-16-23)20-26-24(29)22-11-6-4-7-12-22/h4,6-7,11-16,27H,2-3,5,8-10,17-20H2,1H3,(H,26,29)(H,28,30). The average molecular weight is 426 g/mol. The number of hydrogen-bond donors (Lipinski definition) is 3. The fourth-order valence-electron chi connectivity index (χ4n) is 3.01. The molecule has 0 aliphatic carbocycles. The van der Waals surface area contributed by atoms with Crippen molar-refractivity contribution in [1.82, 2.24) is 16.2 Å². The summed E-state index contributed by atoms with van der Waals surface area (Å²) in [6.07, 6.45) is 6.70. The van der Waals surface area contributed by atoms with Gasteiger partial charge in [0.05, 0.1) is 0 Å². The van der Waals surface area contributed by atoms with Crippen LogP contribution in [0, 0.1) is 0 Å². The highest BCUT2D eigenvalue weighted by Crippen LogP contribution is 2.05. The molecule has 0 fully saturated rings. The van der Waals surface area contributed by atoms with Crippen molar-refractivity contribution in [3.8, 4) is 0 Å². The number of carbonyl (C=O) groups is 2. The highest BCUT2D eigenvalue weighted by Gasteiger charge is 2.06. The van der Waals surface area contributed by atoms with Crippen LogP contribution >= 0.6 is 0 Å². The van der Waals surface area contributed by atoms with E-state index in [1.165, 1.54) is 12.8 Å². The molecule has 3 N–H and O–H groups in total. The average Bonchev–Trinajstić information content (AvgIpc) is 2.81. The molecule has 2 aromatic rings. The zero-order valence-corrected chi connectivity index (χ0v) is 18.5. The molecular formula is C25H35N3O3. The fourth-order valence-corrected chi connectivity index (χ4v) is 3.01. The quantitative estimate of drug-likeness (QED) is 0.295. The lowest BCUT2D eigenvalue weighted by atomic mass is 10.1. The molecule has 0 aliphatic rings. The maximum atomic E-state index is 12.2. The number of amides is 2. The minimum Gasteiger partial charge on any atom is -0.381 e. The number of hydrazine groups is 1. The largest absolute Gasteiger partial charge is 0.381 e. The molecule has 0 saturated heterocycles. The Labute approximate surface area is 185 Å². The highest BCUT2D eigenvalue weighted by molar-refractivity contribution is 5.94. The molecule has 0 saturated carbocycles.